The molecule has 0 bridgehead atoms. The second-order valence-electron chi connectivity index (χ2n) is 7.69. The van der Waals surface area contributed by atoms with E-state index in [4.69, 9.17) is 4.74 Å². The highest BCUT2D eigenvalue weighted by Crippen LogP contribution is 2.19. The molecule has 30 heavy (non-hydrogen) atoms. The van der Waals surface area contributed by atoms with Crippen molar-refractivity contribution >= 4 is 28.5 Å². The lowest BCUT2D eigenvalue weighted by Gasteiger charge is -2.13. The zero-order valence-electron chi connectivity index (χ0n) is 17.3. The number of anilines is 1. The van der Waals surface area contributed by atoms with Crippen molar-refractivity contribution in [1.29, 1.82) is 0 Å². The van der Waals surface area contributed by atoms with Gasteiger partial charge in [-0.25, -0.2) is 4.98 Å². The Morgan fingerprint density at radius 2 is 2.03 bits per heavy atom. The third-order valence-electron chi connectivity index (χ3n) is 5.35. The lowest BCUT2D eigenvalue weighted by Crippen LogP contribution is -2.34. The van der Waals surface area contributed by atoms with Crippen molar-refractivity contribution < 1.29 is 14.3 Å². The maximum Gasteiger partial charge on any atom is 0.249 e. The van der Waals surface area contributed by atoms with Crippen LogP contribution in [0.4, 0.5) is 5.69 Å². The summed E-state index contributed by atoms with van der Waals surface area (Å²) in [6.45, 7) is 4.93. The van der Waals surface area contributed by atoms with Gasteiger partial charge in [-0.05, 0) is 56.0 Å². The minimum absolute atomic E-state index is 0.110. The highest BCUT2D eigenvalue weighted by atomic mass is 16.5. The van der Waals surface area contributed by atoms with Gasteiger partial charge in [0, 0.05) is 12.3 Å². The van der Waals surface area contributed by atoms with E-state index >= 15 is 0 Å². The largest absolute Gasteiger partial charge is 0.368 e. The van der Waals surface area contributed by atoms with Crippen molar-refractivity contribution in [2.45, 2.75) is 45.9 Å². The number of para-hydroxylation sites is 2. The van der Waals surface area contributed by atoms with Crippen LogP contribution in [-0.2, 0) is 27.4 Å². The Kier molecular flexibility index (Phi) is 5.81. The highest BCUT2D eigenvalue weighted by Gasteiger charge is 2.24. The van der Waals surface area contributed by atoms with E-state index in [1.165, 1.54) is 0 Å². The molecular formula is C23H26N4O3. The molecule has 1 fully saturated rings. The Morgan fingerprint density at radius 1 is 1.20 bits per heavy atom. The number of aromatic nitrogens is 2. The predicted octanol–water partition coefficient (Wildman–Crippen LogP) is 3.09. The van der Waals surface area contributed by atoms with Gasteiger partial charge in [0.1, 0.15) is 18.5 Å². The fraction of sp³-hybridized carbons (Fsp3) is 0.348. The summed E-state index contributed by atoms with van der Waals surface area (Å²) >= 11 is 0. The standard InChI is InChI=1S/C23H26N4O3/c1-15-9-10-16(2)18(12-15)26-22(28)14-27-19-7-4-3-6-17(19)25-21(27)13-24-23(29)20-8-5-11-30-20/h3-4,6-7,9-10,12,20H,5,8,11,13-14H2,1-2H3,(H,24,29)(H,26,28). The molecule has 156 valence electrons. The normalized spacial score (nSPS) is 16.0. The first-order valence-electron chi connectivity index (χ1n) is 10.2. The van der Waals surface area contributed by atoms with Crippen LogP contribution in [-0.4, -0.2) is 34.1 Å². The van der Waals surface area contributed by atoms with Crippen LogP contribution in [0.5, 0.6) is 0 Å². The third kappa shape index (κ3) is 4.36. The maximum atomic E-state index is 12.8. The van der Waals surface area contributed by atoms with Gasteiger partial charge in [-0.2, -0.15) is 0 Å². The molecule has 7 nitrogen and oxygen atoms in total. The SMILES string of the molecule is Cc1ccc(C)c(NC(=O)Cn2c(CNC(=O)C3CCCO3)nc3ccccc32)c1. The topological polar surface area (TPSA) is 85.2 Å². The lowest BCUT2D eigenvalue weighted by molar-refractivity contribution is -0.130. The number of aryl methyl sites for hydroxylation is 2. The summed E-state index contributed by atoms with van der Waals surface area (Å²) in [6.07, 6.45) is 1.24. The number of nitrogens with zero attached hydrogens (tertiary/aromatic N) is 2. The van der Waals surface area contributed by atoms with Gasteiger partial charge in [0.25, 0.3) is 0 Å². The number of carbonyl (C=O) groups excluding carboxylic acids is 2. The Balaban J connectivity index is 1.53. The minimum Gasteiger partial charge on any atom is -0.368 e. The molecule has 0 aliphatic carbocycles. The smallest absolute Gasteiger partial charge is 0.249 e. The molecule has 1 saturated heterocycles. The molecule has 3 aromatic rings. The summed E-state index contributed by atoms with van der Waals surface area (Å²) in [4.78, 5) is 29.8. The summed E-state index contributed by atoms with van der Waals surface area (Å²) in [7, 11) is 0. The number of carbonyl (C=O) groups is 2. The third-order valence-corrected chi connectivity index (χ3v) is 5.35. The molecule has 2 N–H and O–H groups in total. The molecule has 1 unspecified atom stereocenters. The van der Waals surface area contributed by atoms with E-state index in [0.29, 0.717) is 12.4 Å². The Bertz CT molecular complexity index is 1080. The number of hydrogen-bond donors (Lipinski definition) is 2. The highest BCUT2D eigenvalue weighted by molar-refractivity contribution is 5.92. The second-order valence-corrected chi connectivity index (χ2v) is 7.69. The Hall–Kier alpha value is -3.19. The lowest BCUT2D eigenvalue weighted by atomic mass is 10.1. The van der Waals surface area contributed by atoms with Crippen molar-refractivity contribution in [3.05, 3.63) is 59.4 Å². The van der Waals surface area contributed by atoms with Crippen LogP contribution >= 0.6 is 0 Å². The van der Waals surface area contributed by atoms with Crippen LogP contribution in [0.15, 0.2) is 42.5 Å². The van der Waals surface area contributed by atoms with E-state index in [0.717, 1.165) is 40.7 Å². The summed E-state index contributed by atoms with van der Waals surface area (Å²) < 4.78 is 7.29. The van der Waals surface area contributed by atoms with Crippen molar-refractivity contribution in [3.63, 3.8) is 0 Å². The first-order valence-corrected chi connectivity index (χ1v) is 10.2. The number of fused-ring (bicyclic) bond motifs is 1. The molecule has 1 aliphatic rings. The number of ether oxygens (including phenoxy) is 1. The van der Waals surface area contributed by atoms with Crippen LogP contribution in [0.2, 0.25) is 0 Å². The number of amides is 2. The minimum atomic E-state index is -0.393. The van der Waals surface area contributed by atoms with Gasteiger partial charge in [-0.3, -0.25) is 9.59 Å². The van der Waals surface area contributed by atoms with E-state index in [9.17, 15) is 9.59 Å². The maximum absolute atomic E-state index is 12.8. The van der Waals surface area contributed by atoms with Gasteiger partial charge in [-0.1, -0.05) is 24.3 Å². The molecule has 0 radical (unpaired) electrons. The fourth-order valence-corrected chi connectivity index (χ4v) is 3.71. The van der Waals surface area contributed by atoms with Crippen LogP contribution in [0.3, 0.4) is 0 Å². The number of imidazole rings is 1. The molecule has 2 amide bonds. The number of nitrogens with one attached hydrogen (secondary N) is 2. The molecule has 1 aliphatic heterocycles. The Labute approximate surface area is 175 Å². The first-order chi connectivity index (χ1) is 14.5. The second kappa shape index (κ2) is 8.67. The molecule has 2 aromatic carbocycles. The van der Waals surface area contributed by atoms with Gasteiger partial charge in [0.15, 0.2) is 0 Å². The van der Waals surface area contributed by atoms with Gasteiger partial charge >= 0.3 is 0 Å². The monoisotopic (exact) mass is 406 g/mol. The molecule has 0 spiro atoms. The molecule has 0 saturated carbocycles. The van der Waals surface area contributed by atoms with Gasteiger partial charge in [-0.15, -0.1) is 0 Å². The van der Waals surface area contributed by atoms with Gasteiger partial charge < -0.3 is 19.9 Å². The van der Waals surface area contributed by atoms with Crippen LogP contribution in [0, 0.1) is 13.8 Å². The summed E-state index contributed by atoms with van der Waals surface area (Å²) in [6, 6.07) is 13.6. The van der Waals surface area contributed by atoms with Crippen molar-refractivity contribution in [1.82, 2.24) is 14.9 Å². The van der Waals surface area contributed by atoms with Crippen LogP contribution < -0.4 is 10.6 Å². The fourth-order valence-electron chi connectivity index (χ4n) is 3.71. The quantitative estimate of drug-likeness (QED) is 0.659. The predicted molar refractivity (Wildman–Crippen MR) is 115 cm³/mol. The van der Waals surface area contributed by atoms with E-state index in [1.54, 1.807) is 0 Å². The molecule has 7 heteroatoms. The van der Waals surface area contributed by atoms with Gasteiger partial charge in [0.05, 0.1) is 17.6 Å². The zero-order chi connectivity index (χ0) is 21.1. The van der Waals surface area contributed by atoms with E-state index in [2.05, 4.69) is 15.6 Å². The number of rotatable bonds is 6. The molecule has 2 heterocycles. The molecule has 1 atom stereocenters. The van der Waals surface area contributed by atoms with Crippen LogP contribution in [0.1, 0.15) is 29.8 Å². The summed E-state index contributed by atoms with van der Waals surface area (Å²) in [5.41, 5.74) is 4.54. The number of benzene rings is 2. The van der Waals surface area contributed by atoms with Crippen molar-refractivity contribution in [2.75, 3.05) is 11.9 Å². The summed E-state index contributed by atoms with van der Waals surface area (Å²) in [5, 5.41) is 5.90. The van der Waals surface area contributed by atoms with Crippen molar-refractivity contribution in [3.8, 4) is 0 Å². The molecule has 4 rings (SSSR count). The Morgan fingerprint density at radius 3 is 2.83 bits per heavy atom. The average Bonchev–Trinajstić information content (AvgIpc) is 3.38. The molecular weight excluding hydrogens is 380 g/mol. The molecule has 1 aromatic heterocycles. The van der Waals surface area contributed by atoms with Gasteiger partial charge in [0.2, 0.25) is 11.8 Å². The summed E-state index contributed by atoms with van der Waals surface area (Å²) in [5.74, 6) is 0.364. The zero-order valence-corrected chi connectivity index (χ0v) is 17.3. The van der Waals surface area contributed by atoms with Crippen LogP contribution in [0.25, 0.3) is 11.0 Å². The van der Waals surface area contributed by atoms with E-state index < -0.39 is 6.10 Å². The van der Waals surface area contributed by atoms with E-state index in [-0.39, 0.29) is 24.9 Å². The first kappa shape index (κ1) is 20.1. The average molecular weight is 406 g/mol. The van der Waals surface area contributed by atoms with E-state index in [1.807, 2.05) is 60.9 Å². The van der Waals surface area contributed by atoms with Crippen molar-refractivity contribution in [2.24, 2.45) is 0 Å². The number of hydrogen-bond acceptors (Lipinski definition) is 4.